The van der Waals surface area contributed by atoms with Crippen LogP contribution in [-0.4, -0.2) is 32.3 Å². The average Bonchev–Trinajstić information content (AvgIpc) is 3.12. The van der Waals surface area contributed by atoms with E-state index in [0.717, 1.165) is 0 Å². The Bertz CT molecular complexity index is 1070. The summed E-state index contributed by atoms with van der Waals surface area (Å²) in [5, 5.41) is 15.3. The van der Waals surface area contributed by atoms with Crippen LogP contribution in [0, 0.1) is 0 Å². The summed E-state index contributed by atoms with van der Waals surface area (Å²) in [4.78, 5) is 24.6. The zero-order chi connectivity index (χ0) is 22.2. The number of aromatic nitrogens is 3. The molecule has 0 atom stereocenters. The van der Waals surface area contributed by atoms with E-state index in [4.69, 9.17) is 23.2 Å². The van der Waals surface area contributed by atoms with E-state index in [-0.39, 0.29) is 24.1 Å². The van der Waals surface area contributed by atoms with Gasteiger partial charge in [0.25, 0.3) is 5.91 Å². The highest BCUT2D eigenvalue weighted by Crippen LogP contribution is 2.23. The summed E-state index contributed by atoms with van der Waals surface area (Å²) in [5.41, 5.74) is 1.07. The van der Waals surface area contributed by atoms with Crippen LogP contribution in [0.1, 0.15) is 16.2 Å². The Morgan fingerprint density at radius 1 is 1.10 bits per heavy atom. The molecule has 0 aliphatic heterocycles. The molecular weight excluding hydrogens is 457 g/mol. The predicted molar refractivity (Wildman–Crippen MR) is 124 cm³/mol. The van der Waals surface area contributed by atoms with E-state index in [2.05, 4.69) is 27.4 Å². The standard InChI is InChI=1S/C21H19Cl2N5O2S/c1-2-8-28-18(12-24-20(30)14-6-4-3-5-7-14)26-27-21(28)31-13-19(29)25-17-10-15(22)9-16(23)11-17/h2-7,9-11H,1,8,12-13H2,(H,24,30)(H,25,29). The summed E-state index contributed by atoms with van der Waals surface area (Å²) < 4.78 is 1.80. The smallest absolute Gasteiger partial charge is 0.251 e. The van der Waals surface area contributed by atoms with E-state index >= 15 is 0 Å². The summed E-state index contributed by atoms with van der Waals surface area (Å²) >= 11 is 13.1. The van der Waals surface area contributed by atoms with E-state index in [1.165, 1.54) is 11.8 Å². The first-order valence-electron chi connectivity index (χ1n) is 9.21. The first-order chi connectivity index (χ1) is 15.0. The van der Waals surface area contributed by atoms with Crippen molar-refractivity contribution in [2.45, 2.75) is 18.2 Å². The van der Waals surface area contributed by atoms with Gasteiger partial charge in [-0.15, -0.1) is 16.8 Å². The zero-order valence-corrected chi connectivity index (χ0v) is 18.7. The minimum Gasteiger partial charge on any atom is -0.345 e. The number of amides is 2. The molecule has 0 bridgehead atoms. The van der Waals surface area contributed by atoms with Gasteiger partial charge < -0.3 is 15.2 Å². The van der Waals surface area contributed by atoms with Crippen molar-refractivity contribution in [1.29, 1.82) is 0 Å². The van der Waals surface area contributed by atoms with E-state index in [1.807, 2.05) is 6.07 Å². The second kappa shape index (κ2) is 11.0. The fourth-order valence-electron chi connectivity index (χ4n) is 2.67. The maximum absolute atomic E-state index is 12.3. The molecule has 3 rings (SSSR count). The van der Waals surface area contributed by atoms with Crippen LogP contribution in [-0.2, 0) is 17.9 Å². The second-order valence-electron chi connectivity index (χ2n) is 6.34. The number of benzene rings is 2. The number of anilines is 1. The molecule has 1 aromatic heterocycles. The molecule has 0 spiro atoms. The molecule has 2 N–H and O–H groups in total. The van der Waals surface area contributed by atoms with E-state index in [0.29, 0.717) is 38.8 Å². The van der Waals surface area contributed by atoms with Gasteiger partial charge in [0.15, 0.2) is 11.0 Å². The Morgan fingerprint density at radius 3 is 2.48 bits per heavy atom. The first kappa shape index (κ1) is 22.9. The fraction of sp³-hybridized carbons (Fsp3) is 0.143. The molecule has 10 heteroatoms. The highest BCUT2D eigenvalue weighted by Gasteiger charge is 2.15. The molecule has 0 radical (unpaired) electrons. The number of nitrogens with zero attached hydrogens (tertiary/aromatic N) is 3. The maximum atomic E-state index is 12.3. The van der Waals surface area contributed by atoms with Gasteiger partial charge in [-0.1, -0.05) is 59.2 Å². The Balaban J connectivity index is 1.61. The molecule has 3 aromatic rings. The maximum Gasteiger partial charge on any atom is 0.251 e. The summed E-state index contributed by atoms with van der Waals surface area (Å²) in [6.45, 7) is 4.39. The SMILES string of the molecule is C=CCn1c(CNC(=O)c2ccccc2)nnc1SCC(=O)Nc1cc(Cl)cc(Cl)c1. The lowest BCUT2D eigenvalue weighted by molar-refractivity contribution is -0.113. The zero-order valence-electron chi connectivity index (χ0n) is 16.3. The Kier molecular flexibility index (Phi) is 8.11. The van der Waals surface area contributed by atoms with Crippen LogP contribution in [0.15, 0.2) is 66.3 Å². The summed E-state index contributed by atoms with van der Waals surface area (Å²) in [6.07, 6.45) is 1.70. The van der Waals surface area contributed by atoms with Gasteiger partial charge in [-0.2, -0.15) is 0 Å². The number of rotatable bonds is 9. The van der Waals surface area contributed by atoms with Crippen molar-refractivity contribution in [3.05, 3.63) is 82.6 Å². The molecule has 160 valence electrons. The molecule has 0 saturated carbocycles. The van der Waals surface area contributed by atoms with Gasteiger partial charge in [0, 0.05) is 27.8 Å². The largest absolute Gasteiger partial charge is 0.345 e. The molecule has 2 aromatic carbocycles. The van der Waals surface area contributed by atoms with Gasteiger partial charge in [-0.25, -0.2) is 0 Å². The summed E-state index contributed by atoms with van der Waals surface area (Å²) in [5.74, 6) is 0.224. The van der Waals surface area contributed by atoms with Crippen molar-refractivity contribution in [2.24, 2.45) is 0 Å². The predicted octanol–water partition coefficient (Wildman–Crippen LogP) is 4.43. The van der Waals surface area contributed by atoms with Crippen LogP contribution in [0.4, 0.5) is 5.69 Å². The fourth-order valence-corrected chi connectivity index (χ4v) is 3.97. The summed E-state index contributed by atoms with van der Waals surface area (Å²) in [6, 6.07) is 13.7. The number of hydrogen-bond acceptors (Lipinski definition) is 5. The lowest BCUT2D eigenvalue weighted by Gasteiger charge is -2.09. The van der Waals surface area contributed by atoms with Crippen LogP contribution in [0.2, 0.25) is 10.0 Å². The van der Waals surface area contributed by atoms with Gasteiger partial charge >= 0.3 is 0 Å². The molecule has 0 aliphatic rings. The van der Waals surface area contributed by atoms with Gasteiger partial charge in [-0.05, 0) is 30.3 Å². The number of allylic oxidation sites excluding steroid dienone is 1. The van der Waals surface area contributed by atoms with Crippen LogP contribution >= 0.6 is 35.0 Å². The number of hydrogen-bond donors (Lipinski definition) is 2. The molecule has 0 saturated heterocycles. The van der Waals surface area contributed by atoms with Crippen LogP contribution in [0.25, 0.3) is 0 Å². The van der Waals surface area contributed by atoms with Gasteiger partial charge in [0.05, 0.1) is 12.3 Å². The van der Waals surface area contributed by atoms with E-state index in [1.54, 1.807) is 53.1 Å². The third kappa shape index (κ3) is 6.58. The van der Waals surface area contributed by atoms with Gasteiger partial charge in [-0.3, -0.25) is 9.59 Å². The minimum absolute atomic E-state index is 0.107. The van der Waals surface area contributed by atoms with Crippen molar-refractivity contribution in [3.63, 3.8) is 0 Å². The van der Waals surface area contributed by atoms with E-state index < -0.39 is 0 Å². The van der Waals surface area contributed by atoms with Crippen molar-refractivity contribution in [1.82, 2.24) is 20.1 Å². The Labute approximate surface area is 193 Å². The average molecular weight is 476 g/mol. The van der Waals surface area contributed by atoms with Crippen LogP contribution in [0.3, 0.4) is 0 Å². The quantitative estimate of drug-likeness (QED) is 0.352. The third-order valence-electron chi connectivity index (χ3n) is 4.03. The highest BCUT2D eigenvalue weighted by atomic mass is 35.5. The minimum atomic E-state index is -0.240. The van der Waals surface area contributed by atoms with Crippen LogP contribution < -0.4 is 10.6 Å². The Morgan fingerprint density at radius 2 is 1.81 bits per heavy atom. The lowest BCUT2D eigenvalue weighted by atomic mass is 10.2. The van der Waals surface area contributed by atoms with Crippen molar-refractivity contribution in [3.8, 4) is 0 Å². The van der Waals surface area contributed by atoms with Crippen LogP contribution in [0.5, 0.6) is 0 Å². The van der Waals surface area contributed by atoms with Crippen molar-refractivity contribution < 1.29 is 9.59 Å². The number of halogens is 2. The molecule has 0 aliphatic carbocycles. The van der Waals surface area contributed by atoms with Gasteiger partial charge in [0.2, 0.25) is 5.91 Å². The molecule has 0 fully saturated rings. The third-order valence-corrected chi connectivity index (χ3v) is 5.43. The molecule has 0 unspecified atom stereocenters. The monoisotopic (exact) mass is 475 g/mol. The number of nitrogens with one attached hydrogen (secondary N) is 2. The van der Waals surface area contributed by atoms with Crippen molar-refractivity contribution in [2.75, 3.05) is 11.1 Å². The molecule has 7 nitrogen and oxygen atoms in total. The summed E-state index contributed by atoms with van der Waals surface area (Å²) in [7, 11) is 0. The molecule has 2 amide bonds. The molecular formula is C21H19Cl2N5O2S. The van der Waals surface area contributed by atoms with Gasteiger partial charge in [0.1, 0.15) is 0 Å². The molecule has 1 heterocycles. The molecule has 31 heavy (non-hydrogen) atoms. The topological polar surface area (TPSA) is 88.9 Å². The number of carbonyl (C=O) groups excluding carboxylic acids is 2. The normalized spacial score (nSPS) is 10.5. The van der Waals surface area contributed by atoms with E-state index in [9.17, 15) is 9.59 Å². The second-order valence-corrected chi connectivity index (χ2v) is 8.16. The lowest BCUT2D eigenvalue weighted by Crippen LogP contribution is -2.24. The highest BCUT2D eigenvalue weighted by molar-refractivity contribution is 7.99. The Hall–Kier alpha value is -2.81. The van der Waals surface area contributed by atoms with Crippen molar-refractivity contribution >= 4 is 52.5 Å². The number of thioether (sulfide) groups is 1. The first-order valence-corrected chi connectivity index (χ1v) is 11.0. The number of carbonyl (C=O) groups is 2.